The van der Waals surface area contributed by atoms with Crippen LogP contribution in [0.15, 0.2) is 12.1 Å². The van der Waals surface area contributed by atoms with Crippen LogP contribution in [0, 0.1) is 11.6 Å². The summed E-state index contributed by atoms with van der Waals surface area (Å²) >= 11 is 0. The van der Waals surface area contributed by atoms with Gasteiger partial charge in [-0.15, -0.1) is 0 Å². The smallest absolute Gasteiger partial charge is 0.336 e. The summed E-state index contributed by atoms with van der Waals surface area (Å²) in [5.41, 5.74) is -1.13. The summed E-state index contributed by atoms with van der Waals surface area (Å²) in [6.07, 6.45) is -0.397. The Bertz CT molecular complexity index is 505. The van der Waals surface area contributed by atoms with Crippen molar-refractivity contribution >= 4 is 11.9 Å². The van der Waals surface area contributed by atoms with E-state index < -0.39 is 40.7 Å². The lowest BCUT2D eigenvalue weighted by atomic mass is 10.1. The normalized spacial score (nSPS) is 12.0. The van der Waals surface area contributed by atoms with E-state index in [-0.39, 0.29) is 6.54 Å². The summed E-state index contributed by atoms with van der Waals surface area (Å²) in [6, 6.07) is 0.968. The highest BCUT2D eigenvalue weighted by Crippen LogP contribution is 2.15. The van der Waals surface area contributed by atoms with Crippen LogP contribution in [0.1, 0.15) is 34.1 Å². The molecule has 0 fully saturated rings. The molecule has 19 heavy (non-hydrogen) atoms. The highest BCUT2D eigenvalue weighted by atomic mass is 19.2. The number of carboxylic acids is 1. The Kier molecular flexibility index (Phi) is 4.94. The lowest BCUT2D eigenvalue weighted by Crippen LogP contribution is -2.32. The highest BCUT2D eigenvalue weighted by molar-refractivity contribution is 6.04. The van der Waals surface area contributed by atoms with E-state index in [2.05, 4.69) is 5.32 Å². The zero-order valence-corrected chi connectivity index (χ0v) is 10.1. The number of aliphatic hydroxyl groups excluding tert-OH is 1. The molecule has 1 unspecified atom stereocenters. The molecule has 0 aromatic heterocycles. The van der Waals surface area contributed by atoms with Crippen LogP contribution in [0.25, 0.3) is 0 Å². The van der Waals surface area contributed by atoms with Crippen LogP contribution in [0.2, 0.25) is 0 Å². The largest absolute Gasteiger partial charge is 0.478 e. The molecule has 0 aliphatic heterocycles. The first-order valence-electron chi connectivity index (χ1n) is 5.55. The number of nitrogens with one attached hydrogen (secondary N) is 1. The van der Waals surface area contributed by atoms with Gasteiger partial charge < -0.3 is 15.5 Å². The maximum atomic E-state index is 13.1. The van der Waals surface area contributed by atoms with E-state index in [1.165, 1.54) is 0 Å². The molecule has 3 N–H and O–H groups in total. The van der Waals surface area contributed by atoms with Crippen molar-refractivity contribution in [2.24, 2.45) is 0 Å². The summed E-state index contributed by atoms with van der Waals surface area (Å²) in [4.78, 5) is 22.5. The van der Waals surface area contributed by atoms with Gasteiger partial charge in [0.25, 0.3) is 5.91 Å². The highest BCUT2D eigenvalue weighted by Gasteiger charge is 2.20. The first kappa shape index (κ1) is 15.0. The number of carbonyl (C=O) groups excluding carboxylic acids is 1. The Labute approximate surface area is 107 Å². The van der Waals surface area contributed by atoms with E-state index in [0.717, 1.165) is 0 Å². The van der Waals surface area contributed by atoms with Crippen molar-refractivity contribution in [1.82, 2.24) is 5.32 Å². The van der Waals surface area contributed by atoms with Crippen molar-refractivity contribution in [2.45, 2.75) is 19.4 Å². The van der Waals surface area contributed by atoms with Crippen molar-refractivity contribution in [2.75, 3.05) is 6.54 Å². The Balaban J connectivity index is 3.01. The molecule has 0 spiro atoms. The number of hydrogen-bond acceptors (Lipinski definition) is 3. The quantitative estimate of drug-likeness (QED) is 0.751. The molecule has 104 valence electrons. The minimum Gasteiger partial charge on any atom is -0.478 e. The number of rotatable bonds is 5. The van der Waals surface area contributed by atoms with Crippen LogP contribution >= 0.6 is 0 Å². The molecule has 0 bridgehead atoms. The number of benzene rings is 1. The van der Waals surface area contributed by atoms with Crippen molar-refractivity contribution in [3.63, 3.8) is 0 Å². The number of hydrogen-bond donors (Lipinski definition) is 3. The van der Waals surface area contributed by atoms with Crippen LogP contribution in [0.3, 0.4) is 0 Å². The van der Waals surface area contributed by atoms with Gasteiger partial charge in [-0.1, -0.05) is 6.92 Å². The van der Waals surface area contributed by atoms with Gasteiger partial charge >= 0.3 is 5.97 Å². The van der Waals surface area contributed by atoms with Crippen LogP contribution in [0.4, 0.5) is 8.78 Å². The zero-order valence-electron chi connectivity index (χ0n) is 10.1. The second-order valence-corrected chi connectivity index (χ2v) is 3.89. The van der Waals surface area contributed by atoms with Gasteiger partial charge in [-0.2, -0.15) is 0 Å². The first-order chi connectivity index (χ1) is 8.86. The number of aromatic carboxylic acids is 1. The van der Waals surface area contributed by atoms with Crippen LogP contribution in [-0.2, 0) is 0 Å². The van der Waals surface area contributed by atoms with E-state index in [4.69, 9.17) is 5.11 Å². The molecule has 0 heterocycles. The summed E-state index contributed by atoms with van der Waals surface area (Å²) in [6.45, 7) is 1.59. The fourth-order valence-electron chi connectivity index (χ4n) is 1.36. The van der Waals surface area contributed by atoms with Crippen molar-refractivity contribution in [3.05, 3.63) is 34.9 Å². The zero-order chi connectivity index (χ0) is 14.6. The molecule has 0 aliphatic rings. The Morgan fingerprint density at radius 1 is 1.26 bits per heavy atom. The molecule has 5 nitrogen and oxygen atoms in total. The van der Waals surface area contributed by atoms with Crippen LogP contribution < -0.4 is 5.32 Å². The van der Waals surface area contributed by atoms with E-state index in [1.54, 1.807) is 6.92 Å². The van der Waals surface area contributed by atoms with Crippen LogP contribution in [0.5, 0.6) is 0 Å². The predicted molar refractivity (Wildman–Crippen MR) is 61.9 cm³/mol. The average molecular weight is 273 g/mol. The summed E-state index contributed by atoms with van der Waals surface area (Å²) in [7, 11) is 0. The molecule has 1 aromatic carbocycles. The first-order valence-corrected chi connectivity index (χ1v) is 5.55. The second kappa shape index (κ2) is 6.24. The van der Waals surface area contributed by atoms with Crippen LogP contribution in [-0.4, -0.2) is 34.7 Å². The van der Waals surface area contributed by atoms with Gasteiger partial charge in [-0.3, -0.25) is 4.79 Å². The van der Waals surface area contributed by atoms with E-state index in [1.807, 2.05) is 0 Å². The van der Waals surface area contributed by atoms with Gasteiger partial charge in [-0.25, -0.2) is 13.6 Å². The minimum absolute atomic E-state index is 0.104. The minimum atomic E-state index is -1.54. The lowest BCUT2D eigenvalue weighted by molar-refractivity contribution is 0.0689. The van der Waals surface area contributed by atoms with Crippen molar-refractivity contribution in [1.29, 1.82) is 0 Å². The van der Waals surface area contributed by atoms with Gasteiger partial charge in [0.2, 0.25) is 0 Å². The Morgan fingerprint density at radius 3 is 2.26 bits per heavy atom. The monoisotopic (exact) mass is 273 g/mol. The van der Waals surface area contributed by atoms with E-state index in [9.17, 15) is 23.5 Å². The number of aliphatic hydroxyl groups is 1. The van der Waals surface area contributed by atoms with Crippen molar-refractivity contribution < 1.29 is 28.6 Å². The standard InChI is InChI=1S/C12H13F2NO4/c1-2-6(16)5-15-11(17)7-3-9(13)10(14)4-8(7)12(18)19/h3-4,6,16H,2,5H2,1H3,(H,15,17)(H,18,19). The number of carbonyl (C=O) groups is 2. The Hall–Kier alpha value is -2.02. The molecule has 0 saturated carbocycles. The summed E-state index contributed by atoms with van der Waals surface area (Å²) in [5, 5.41) is 20.4. The maximum Gasteiger partial charge on any atom is 0.336 e. The van der Waals surface area contributed by atoms with Gasteiger partial charge in [0.05, 0.1) is 17.2 Å². The molecule has 1 atom stereocenters. The molecule has 7 heteroatoms. The topological polar surface area (TPSA) is 86.6 Å². The van der Waals surface area contributed by atoms with Gasteiger partial charge in [-0.05, 0) is 18.6 Å². The molecule has 1 rings (SSSR count). The third-order valence-corrected chi connectivity index (χ3v) is 2.50. The number of amides is 1. The van der Waals surface area contributed by atoms with Gasteiger partial charge in [0.1, 0.15) is 0 Å². The fourth-order valence-corrected chi connectivity index (χ4v) is 1.36. The fraction of sp³-hybridized carbons (Fsp3) is 0.333. The summed E-state index contributed by atoms with van der Waals surface area (Å²) < 4.78 is 26.0. The summed E-state index contributed by atoms with van der Waals surface area (Å²) in [5.74, 6) is -5.09. The molecule has 0 radical (unpaired) electrons. The third-order valence-electron chi connectivity index (χ3n) is 2.50. The van der Waals surface area contributed by atoms with Gasteiger partial charge in [0.15, 0.2) is 11.6 Å². The second-order valence-electron chi connectivity index (χ2n) is 3.89. The number of halogens is 2. The van der Waals surface area contributed by atoms with E-state index >= 15 is 0 Å². The van der Waals surface area contributed by atoms with Crippen molar-refractivity contribution in [3.8, 4) is 0 Å². The molecule has 1 aromatic rings. The number of carboxylic acid groups (broad SMARTS) is 1. The maximum absolute atomic E-state index is 13.1. The van der Waals surface area contributed by atoms with Gasteiger partial charge in [0, 0.05) is 6.54 Å². The Morgan fingerprint density at radius 2 is 1.79 bits per heavy atom. The third kappa shape index (κ3) is 3.72. The average Bonchev–Trinajstić information content (AvgIpc) is 2.37. The predicted octanol–water partition coefficient (Wildman–Crippen LogP) is 1.16. The molecule has 0 aliphatic carbocycles. The molecule has 1 amide bonds. The molecule has 0 saturated heterocycles. The van der Waals surface area contributed by atoms with E-state index in [0.29, 0.717) is 18.6 Å². The lowest BCUT2D eigenvalue weighted by Gasteiger charge is -2.11. The molecular weight excluding hydrogens is 260 g/mol. The SMILES string of the molecule is CCC(O)CNC(=O)c1cc(F)c(F)cc1C(=O)O. The molecular formula is C12H13F2NO4.